The van der Waals surface area contributed by atoms with Crippen LogP contribution in [0.3, 0.4) is 0 Å². The first-order valence-corrected chi connectivity index (χ1v) is 8.39. The summed E-state index contributed by atoms with van der Waals surface area (Å²) in [6.45, 7) is 5.63. The van der Waals surface area contributed by atoms with Crippen LogP contribution in [0, 0.1) is 11.7 Å². The number of rotatable bonds is 3. The van der Waals surface area contributed by atoms with Gasteiger partial charge in [0, 0.05) is 30.7 Å². The first kappa shape index (κ1) is 17.9. The van der Waals surface area contributed by atoms with Crippen LogP contribution in [0.1, 0.15) is 24.2 Å². The number of benzene rings is 1. The van der Waals surface area contributed by atoms with Gasteiger partial charge in [-0.25, -0.2) is 4.39 Å². The molecule has 0 spiro atoms. The van der Waals surface area contributed by atoms with Gasteiger partial charge in [-0.2, -0.15) is 0 Å². The summed E-state index contributed by atoms with van der Waals surface area (Å²) >= 11 is 3.22. The van der Waals surface area contributed by atoms with E-state index in [-0.39, 0.29) is 17.7 Å². The Kier molecular flexibility index (Phi) is 5.75. The predicted molar refractivity (Wildman–Crippen MR) is 89.4 cm³/mol. The molecular weight excluding hydrogens is 365 g/mol. The lowest BCUT2D eigenvalue weighted by Gasteiger charge is -2.36. The zero-order chi connectivity index (χ0) is 17.1. The Morgan fingerprint density at radius 3 is 2.26 bits per heavy atom. The van der Waals surface area contributed by atoms with Crippen LogP contribution < -0.4 is 5.73 Å². The molecule has 0 radical (unpaired) electrons. The molecule has 0 saturated carbocycles. The van der Waals surface area contributed by atoms with Crippen LogP contribution in [0.2, 0.25) is 0 Å². The van der Waals surface area contributed by atoms with E-state index < -0.39 is 11.9 Å². The summed E-state index contributed by atoms with van der Waals surface area (Å²) in [6.07, 6.45) is 0. The average Bonchev–Trinajstić information content (AvgIpc) is 2.53. The molecule has 23 heavy (non-hydrogen) atoms. The summed E-state index contributed by atoms with van der Waals surface area (Å²) < 4.78 is 13.6. The quantitative estimate of drug-likeness (QED) is 0.863. The third-order valence-corrected chi connectivity index (χ3v) is 4.70. The third-order valence-electron chi connectivity index (χ3n) is 4.04. The highest BCUT2D eigenvalue weighted by Crippen LogP contribution is 2.20. The van der Waals surface area contributed by atoms with Crippen molar-refractivity contribution < 1.29 is 14.0 Å². The van der Waals surface area contributed by atoms with Gasteiger partial charge in [0.25, 0.3) is 5.91 Å². The van der Waals surface area contributed by atoms with E-state index in [0.717, 1.165) is 0 Å². The Balaban J connectivity index is 1.99. The van der Waals surface area contributed by atoms with Gasteiger partial charge in [0.1, 0.15) is 5.82 Å². The minimum absolute atomic E-state index is 0.0740. The number of carbonyl (C=O) groups is 2. The zero-order valence-electron chi connectivity index (χ0n) is 13.3. The lowest BCUT2D eigenvalue weighted by atomic mass is 10.0. The fourth-order valence-corrected chi connectivity index (χ4v) is 2.98. The fourth-order valence-electron chi connectivity index (χ4n) is 2.46. The van der Waals surface area contributed by atoms with Crippen LogP contribution in [0.15, 0.2) is 22.7 Å². The van der Waals surface area contributed by atoms with Crippen LogP contribution in [0.5, 0.6) is 0 Å². The monoisotopic (exact) mass is 385 g/mol. The van der Waals surface area contributed by atoms with Crippen LogP contribution in [-0.2, 0) is 4.79 Å². The molecule has 1 atom stereocenters. The Hall–Kier alpha value is -1.47. The Labute approximate surface area is 143 Å². The van der Waals surface area contributed by atoms with Crippen molar-refractivity contribution >= 4 is 27.7 Å². The van der Waals surface area contributed by atoms with Crippen molar-refractivity contribution in [2.75, 3.05) is 26.2 Å². The average molecular weight is 386 g/mol. The molecule has 1 aromatic carbocycles. The van der Waals surface area contributed by atoms with Gasteiger partial charge in [0.2, 0.25) is 5.91 Å². The van der Waals surface area contributed by atoms with E-state index in [4.69, 9.17) is 5.73 Å². The fraction of sp³-hybridized carbons (Fsp3) is 0.500. The largest absolute Gasteiger partial charge is 0.338 e. The van der Waals surface area contributed by atoms with Gasteiger partial charge in [-0.15, -0.1) is 0 Å². The summed E-state index contributed by atoms with van der Waals surface area (Å²) in [5.41, 5.74) is 6.32. The second-order valence-corrected chi connectivity index (χ2v) is 6.87. The second kappa shape index (κ2) is 7.40. The number of halogens is 2. The molecule has 1 aliphatic rings. The van der Waals surface area contributed by atoms with Crippen molar-refractivity contribution in [3.8, 4) is 0 Å². The number of hydrogen-bond acceptors (Lipinski definition) is 3. The van der Waals surface area contributed by atoms with Gasteiger partial charge < -0.3 is 15.5 Å². The van der Waals surface area contributed by atoms with Gasteiger partial charge in [0.15, 0.2) is 0 Å². The first-order valence-electron chi connectivity index (χ1n) is 7.60. The summed E-state index contributed by atoms with van der Waals surface area (Å²) in [5.74, 6) is -0.559. The van der Waals surface area contributed by atoms with Crippen molar-refractivity contribution in [3.63, 3.8) is 0 Å². The molecule has 5 nitrogen and oxygen atoms in total. The minimum atomic E-state index is -0.511. The van der Waals surface area contributed by atoms with E-state index in [9.17, 15) is 14.0 Å². The molecule has 1 heterocycles. The topological polar surface area (TPSA) is 66.6 Å². The van der Waals surface area contributed by atoms with E-state index in [0.29, 0.717) is 36.2 Å². The number of carbonyl (C=O) groups excluding carboxylic acids is 2. The molecule has 0 bridgehead atoms. The van der Waals surface area contributed by atoms with Crippen molar-refractivity contribution in [2.24, 2.45) is 11.7 Å². The third kappa shape index (κ3) is 4.09. The number of amides is 2. The van der Waals surface area contributed by atoms with Crippen LogP contribution in [-0.4, -0.2) is 53.8 Å². The van der Waals surface area contributed by atoms with Gasteiger partial charge in [-0.05, 0) is 40.0 Å². The molecule has 0 aromatic heterocycles. The molecule has 2 amide bonds. The zero-order valence-corrected chi connectivity index (χ0v) is 14.8. The Morgan fingerprint density at radius 2 is 1.74 bits per heavy atom. The van der Waals surface area contributed by atoms with Crippen molar-refractivity contribution in [1.29, 1.82) is 0 Å². The maximum Gasteiger partial charge on any atom is 0.255 e. The Bertz CT molecular complexity index is 601. The van der Waals surface area contributed by atoms with Crippen LogP contribution in [0.25, 0.3) is 0 Å². The lowest BCUT2D eigenvalue weighted by molar-refractivity contribution is -0.135. The van der Waals surface area contributed by atoms with Crippen LogP contribution >= 0.6 is 15.9 Å². The summed E-state index contributed by atoms with van der Waals surface area (Å²) in [7, 11) is 0. The van der Waals surface area contributed by atoms with Gasteiger partial charge in [-0.3, -0.25) is 9.59 Å². The summed E-state index contributed by atoms with van der Waals surface area (Å²) in [6, 6.07) is 3.49. The molecule has 1 aliphatic heterocycles. The molecular formula is C16H21BrFN3O2. The van der Waals surface area contributed by atoms with E-state index >= 15 is 0 Å². The number of hydrogen-bond donors (Lipinski definition) is 1. The van der Waals surface area contributed by atoms with E-state index in [1.165, 1.54) is 18.2 Å². The summed E-state index contributed by atoms with van der Waals surface area (Å²) in [4.78, 5) is 28.1. The number of piperazine rings is 1. The molecule has 126 valence electrons. The molecule has 0 aliphatic carbocycles. The summed E-state index contributed by atoms with van der Waals surface area (Å²) in [5, 5.41) is 0. The van der Waals surface area contributed by atoms with E-state index in [1.54, 1.807) is 9.80 Å². The highest BCUT2D eigenvalue weighted by Gasteiger charge is 2.29. The molecule has 2 N–H and O–H groups in total. The molecule has 1 aromatic rings. The van der Waals surface area contributed by atoms with Gasteiger partial charge in [0.05, 0.1) is 11.6 Å². The predicted octanol–water partition coefficient (Wildman–Crippen LogP) is 1.86. The highest BCUT2D eigenvalue weighted by molar-refractivity contribution is 9.10. The standard InChI is InChI=1S/C16H21BrFN3O2/c1-10(2)14(19)16(23)21-7-5-20(6-8-21)15(22)12-4-3-11(18)9-13(12)17/h3-4,9-10,14H,5-8,19H2,1-2H3/t14-/m0/s1. The molecule has 0 unspecified atom stereocenters. The minimum Gasteiger partial charge on any atom is -0.338 e. The van der Waals surface area contributed by atoms with E-state index in [2.05, 4.69) is 15.9 Å². The molecule has 7 heteroatoms. The number of nitrogens with zero attached hydrogens (tertiary/aromatic N) is 2. The second-order valence-electron chi connectivity index (χ2n) is 6.01. The molecule has 1 saturated heterocycles. The lowest BCUT2D eigenvalue weighted by Crippen LogP contribution is -2.55. The van der Waals surface area contributed by atoms with Crippen molar-refractivity contribution in [2.45, 2.75) is 19.9 Å². The van der Waals surface area contributed by atoms with Crippen molar-refractivity contribution in [3.05, 3.63) is 34.1 Å². The first-order chi connectivity index (χ1) is 10.8. The van der Waals surface area contributed by atoms with Crippen LogP contribution in [0.4, 0.5) is 4.39 Å². The van der Waals surface area contributed by atoms with E-state index in [1.807, 2.05) is 13.8 Å². The van der Waals surface area contributed by atoms with Gasteiger partial charge >= 0.3 is 0 Å². The maximum atomic E-state index is 13.1. The molecule has 1 fully saturated rings. The SMILES string of the molecule is CC(C)[C@H](N)C(=O)N1CCN(C(=O)c2ccc(F)cc2Br)CC1. The van der Waals surface area contributed by atoms with Gasteiger partial charge in [-0.1, -0.05) is 13.8 Å². The number of nitrogens with two attached hydrogens (primary N) is 1. The Morgan fingerprint density at radius 1 is 1.17 bits per heavy atom. The van der Waals surface area contributed by atoms with Crippen molar-refractivity contribution in [1.82, 2.24) is 9.80 Å². The molecule has 2 rings (SSSR count). The maximum absolute atomic E-state index is 13.1. The smallest absolute Gasteiger partial charge is 0.255 e. The highest BCUT2D eigenvalue weighted by atomic mass is 79.9. The normalized spacial score (nSPS) is 16.6.